The minimum Gasteiger partial charge on any atom is -0.467 e. The number of rotatable bonds is 3. The summed E-state index contributed by atoms with van der Waals surface area (Å²) in [5, 5.41) is 5.36. The van der Waals surface area contributed by atoms with E-state index in [2.05, 4.69) is 31.5 Å². The summed E-state index contributed by atoms with van der Waals surface area (Å²) in [6, 6.07) is 5.14. The average molecular weight is 310 g/mol. The fourth-order valence-electron chi connectivity index (χ4n) is 1.40. The quantitative estimate of drug-likeness (QED) is 0.915. The largest absolute Gasteiger partial charge is 0.467 e. The molecule has 94 valence electrons. The van der Waals surface area contributed by atoms with E-state index >= 15 is 0 Å². The summed E-state index contributed by atoms with van der Waals surface area (Å²) in [6.45, 7) is 2.22. The number of aromatic nitrogens is 1. The molecule has 2 aromatic rings. The van der Waals surface area contributed by atoms with Crippen molar-refractivity contribution in [1.82, 2.24) is 10.3 Å². The van der Waals surface area contributed by atoms with Gasteiger partial charge in [0.15, 0.2) is 0 Å². The lowest BCUT2D eigenvalue weighted by Gasteiger charge is -2.08. The van der Waals surface area contributed by atoms with Gasteiger partial charge >= 0.3 is 6.03 Å². The highest BCUT2D eigenvalue weighted by molar-refractivity contribution is 9.10. The van der Waals surface area contributed by atoms with Crippen molar-refractivity contribution >= 4 is 27.8 Å². The topological polar surface area (TPSA) is 67.2 Å². The number of urea groups is 1. The number of nitrogens with one attached hydrogen (secondary N) is 2. The van der Waals surface area contributed by atoms with Gasteiger partial charge in [-0.15, -0.1) is 0 Å². The van der Waals surface area contributed by atoms with Crippen LogP contribution in [0.15, 0.2) is 39.5 Å². The van der Waals surface area contributed by atoms with Crippen molar-refractivity contribution in [3.05, 3.63) is 46.5 Å². The first kappa shape index (κ1) is 12.6. The smallest absolute Gasteiger partial charge is 0.320 e. The third-order valence-electron chi connectivity index (χ3n) is 2.28. The van der Waals surface area contributed by atoms with Gasteiger partial charge in [0.25, 0.3) is 0 Å². The van der Waals surface area contributed by atoms with Crippen molar-refractivity contribution < 1.29 is 9.21 Å². The van der Waals surface area contributed by atoms with E-state index < -0.39 is 0 Å². The van der Waals surface area contributed by atoms with Crippen LogP contribution in [0.4, 0.5) is 10.6 Å². The first-order chi connectivity index (χ1) is 8.65. The zero-order chi connectivity index (χ0) is 13.0. The lowest BCUT2D eigenvalue weighted by atomic mass is 10.3. The highest BCUT2D eigenvalue weighted by Gasteiger charge is 2.06. The number of carbonyl (C=O) groups excluding carboxylic acids is 1. The number of hydrogen-bond acceptors (Lipinski definition) is 3. The Kier molecular flexibility index (Phi) is 3.99. The fourth-order valence-corrected chi connectivity index (χ4v) is 1.85. The van der Waals surface area contributed by atoms with E-state index in [-0.39, 0.29) is 6.03 Å². The molecule has 0 saturated carbocycles. The molecule has 0 aliphatic heterocycles. The van der Waals surface area contributed by atoms with Gasteiger partial charge in [-0.05, 0) is 46.6 Å². The van der Waals surface area contributed by atoms with Crippen LogP contribution in [-0.4, -0.2) is 11.0 Å². The molecular formula is C12H12BrN3O2. The Morgan fingerprint density at radius 3 is 3.06 bits per heavy atom. The van der Waals surface area contributed by atoms with Gasteiger partial charge in [0.05, 0.1) is 12.8 Å². The van der Waals surface area contributed by atoms with Gasteiger partial charge in [-0.2, -0.15) is 0 Å². The molecule has 2 aromatic heterocycles. The third kappa shape index (κ3) is 3.33. The molecule has 0 aliphatic rings. The monoisotopic (exact) mass is 309 g/mol. The predicted octanol–water partition coefficient (Wildman–Crippen LogP) is 3.07. The molecule has 2 heterocycles. The van der Waals surface area contributed by atoms with Crippen LogP contribution in [0.1, 0.15) is 11.3 Å². The summed E-state index contributed by atoms with van der Waals surface area (Å²) in [6.07, 6.45) is 3.20. The maximum absolute atomic E-state index is 11.6. The zero-order valence-electron chi connectivity index (χ0n) is 9.74. The molecule has 2 rings (SSSR count). The molecule has 0 atom stereocenters. The number of nitrogens with zero attached hydrogens (tertiary/aromatic N) is 1. The summed E-state index contributed by atoms with van der Waals surface area (Å²) in [4.78, 5) is 15.7. The summed E-state index contributed by atoms with van der Waals surface area (Å²) in [7, 11) is 0. The van der Waals surface area contributed by atoms with Gasteiger partial charge in [0, 0.05) is 10.7 Å². The van der Waals surface area contributed by atoms with Crippen molar-refractivity contribution in [2.24, 2.45) is 0 Å². The normalized spacial score (nSPS) is 10.1. The van der Waals surface area contributed by atoms with E-state index in [4.69, 9.17) is 4.42 Å². The van der Waals surface area contributed by atoms with Gasteiger partial charge in [-0.3, -0.25) is 5.32 Å². The first-order valence-corrected chi connectivity index (χ1v) is 6.14. The lowest BCUT2D eigenvalue weighted by Crippen LogP contribution is -2.28. The Hall–Kier alpha value is -1.82. The molecule has 0 fully saturated rings. The Labute approximate surface area is 113 Å². The highest BCUT2D eigenvalue weighted by Crippen LogP contribution is 2.16. The first-order valence-electron chi connectivity index (χ1n) is 5.34. The Morgan fingerprint density at radius 1 is 1.56 bits per heavy atom. The number of hydrogen-bond donors (Lipinski definition) is 2. The minimum absolute atomic E-state index is 0.315. The van der Waals surface area contributed by atoms with Gasteiger partial charge in [-0.25, -0.2) is 9.78 Å². The number of carbonyl (C=O) groups is 1. The second kappa shape index (κ2) is 5.68. The van der Waals surface area contributed by atoms with E-state index in [0.717, 1.165) is 10.0 Å². The van der Waals surface area contributed by atoms with Crippen LogP contribution in [0.25, 0.3) is 0 Å². The molecular weight excluding hydrogens is 298 g/mol. The second-order valence-electron chi connectivity index (χ2n) is 3.71. The number of amides is 2. The molecule has 0 saturated heterocycles. The molecule has 0 aliphatic carbocycles. The van der Waals surface area contributed by atoms with Crippen LogP contribution < -0.4 is 10.6 Å². The van der Waals surface area contributed by atoms with Gasteiger partial charge in [-0.1, -0.05) is 0 Å². The zero-order valence-corrected chi connectivity index (χ0v) is 11.3. The number of aryl methyl sites for hydroxylation is 1. The van der Waals surface area contributed by atoms with Crippen LogP contribution in [0.3, 0.4) is 0 Å². The molecule has 0 radical (unpaired) electrons. The van der Waals surface area contributed by atoms with Crippen molar-refractivity contribution in [3.8, 4) is 0 Å². The Morgan fingerprint density at radius 2 is 2.39 bits per heavy atom. The van der Waals surface area contributed by atoms with Crippen LogP contribution in [-0.2, 0) is 6.54 Å². The Balaban J connectivity index is 1.91. The summed E-state index contributed by atoms with van der Waals surface area (Å²) in [5.41, 5.74) is 0.887. The van der Waals surface area contributed by atoms with E-state index in [1.807, 2.05) is 13.0 Å². The SMILES string of the molecule is Cc1cc(Br)cnc1NC(=O)NCc1ccco1. The maximum atomic E-state index is 11.6. The molecule has 2 amide bonds. The summed E-state index contributed by atoms with van der Waals surface area (Å²) >= 11 is 3.32. The van der Waals surface area contributed by atoms with E-state index in [1.54, 1.807) is 24.6 Å². The number of halogens is 1. The molecule has 0 unspecified atom stereocenters. The van der Waals surface area contributed by atoms with Crippen LogP contribution in [0.5, 0.6) is 0 Å². The molecule has 0 spiro atoms. The fraction of sp³-hybridized carbons (Fsp3) is 0.167. The van der Waals surface area contributed by atoms with E-state index in [1.165, 1.54) is 0 Å². The van der Waals surface area contributed by atoms with Gasteiger partial charge in [0.2, 0.25) is 0 Å². The minimum atomic E-state index is -0.315. The molecule has 2 N–H and O–H groups in total. The van der Waals surface area contributed by atoms with Crippen LogP contribution in [0, 0.1) is 6.92 Å². The van der Waals surface area contributed by atoms with Gasteiger partial charge < -0.3 is 9.73 Å². The second-order valence-corrected chi connectivity index (χ2v) is 4.62. The molecule has 5 nitrogen and oxygen atoms in total. The standard InChI is InChI=1S/C12H12BrN3O2/c1-8-5-9(13)6-14-11(8)16-12(17)15-7-10-3-2-4-18-10/h2-6H,7H2,1H3,(H2,14,15,16,17). The molecule has 18 heavy (non-hydrogen) atoms. The van der Waals surface area contributed by atoms with Crippen molar-refractivity contribution in [1.29, 1.82) is 0 Å². The van der Waals surface area contributed by atoms with Crippen molar-refractivity contribution in [3.63, 3.8) is 0 Å². The van der Waals surface area contributed by atoms with E-state index in [9.17, 15) is 4.79 Å². The molecule has 0 bridgehead atoms. The van der Waals surface area contributed by atoms with Crippen molar-refractivity contribution in [2.45, 2.75) is 13.5 Å². The van der Waals surface area contributed by atoms with E-state index in [0.29, 0.717) is 18.1 Å². The Bertz CT molecular complexity index is 540. The highest BCUT2D eigenvalue weighted by atomic mass is 79.9. The average Bonchev–Trinajstić information content (AvgIpc) is 2.83. The maximum Gasteiger partial charge on any atom is 0.320 e. The number of furan rings is 1. The molecule has 6 heteroatoms. The van der Waals surface area contributed by atoms with Crippen LogP contribution in [0.2, 0.25) is 0 Å². The summed E-state index contributed by atoms with van der Waals surface area (Å²) < 4.78 is 5.99. The van der Waals surface area contributed by atoms with Crippen molar-refractivity contribution in [2.75, 3.05) is 5.32 Å². The van der Waals surface area contributed by atoms with Gasteiger partial charge in [0.1, 0.15) is 11.6 Å². The number of pyridine rings is 1. The third-order valence-corrected chi connectivity index (χ3v) is 2.71. The molecule has 0 aromatic carbocycles. The number of anilines is 1. The van der Waals surface area contributed by atoms with Crippen LogP contribution >= 0.6 is 15.9 Å². The summed E-state index contributed by atoms with van der Waals surface area (Å²) in [5.74, 6) is 1.24. The predicted molar refractivity (Wildman–Crippen MR) is 71.2 cm³/mol. The lowest BCUT2D eigenvalue weighted by molar-refractivity contribution is 0.250.